The minimum absolute atomic E-state index is 0.119. The molecule has 3 saturated heterocycles. The van der Waals surface area contributed by atoms with Crippen LogP contribution in [0.1, 0.15) is 29.5 Å². The number of rotatable bonds is 2. The van der Waals surface area contributed by atoms with Crippen LogP contribution in [-0.4, -0.2) is 40.1 Å². The number of hydrogen-bond acceptors (Lipinski definition) is 6. The van der Waals surface area contributed by atoms with E-state index in [2.05, 4.69) is 10.2 Å². The second kappa shape index (κ2) is 6.48. The lowest BCUT2D eigenvalue weighted by molar-refractivity contribution is -0.384. The number of aryl methyl sites for hydroxylation is 1. The maximum absolute atomic E-state index is 13.9. The lowest BCUT2D eigenvalue weighted by atomic mass is 9.75. The minimum atomic E-state index is -1.22. The van der Waals surface area contributed by atoms with E-state index in [0.717, 1.165) is 40.1 Å². The van der Waals surface area contributed by atoms with Gasteiger partial charge in [0.25, 0.3) is 5.69 Å². The molecule has 168 valence electrons. The van der Waals surface area contributed by atoms with E-state index in [1.807, 2.05) is 26.0 Å². The molecule has 4 aliphatic heterocycles. The number of nitro benzene ring substituents is 1. The number of non-ortho nitro benzene ring substituents is 1. The van der Waals surface area contributed by atoms with Crippen LogP contribution >= 0.6 is 0 Å². The number of carbonyl (C=O) groups is 3. The molecule has 0 radical (unpaired) electrons. The highest BCUT2D eigenvalue weighted by molar-refractivity contribution is 6.26. The SMILES string of the molecule is Cc1ccc2c(c1C)NC(=O)[C@@]21[C@@H]2C(=O)N(c3ccc([N+](=O)[O-])cc3)C(=O)[C@H]2[C@@H]2CCCN21. The number of fused-ring (bicyclic) bond motifs is 7. The summed E-state index contributed by atoms with van der Waals surface area (Å²) in [7, 11) is 0. The van der Waals surface area contributed by atoms with Gasteiger partial charge in [0.1, 0.15) is 5.54 Å². The van der Waals surface area contributed by atoms with Crippen LogP contribution in [-0.2, 0) is 19.9 Å². The summed E-state index contributed by atoms with van der Waals surface area (Å²) < 4.78 is 0. The molecule has 9 nitrogen and oxygen atoms in total. The molecule has 6 rings (SSSR count). The summed E-state index contributed by atoms with van der Waals surface area (Å²) in [6.07, 6.45) is 1.59. The first-order valence-corrected chi connectivity index (χ1v) is 11.1. The molecule has 0 aliphatic carbocycles. The molecule has 4 aliphatic rings. The molecule has 33 heavy (non-hydrogen) atoms. The topological polar surface area (TPSA) is 113 Å². The van der Waals surface area contributed by atoms with Crippen molar-refractivity contribution in [2.75, 3.05) is 16.8 Å². The summed E-state index contributed by atoms with van der Waals surface area (Å²) in [6, 6.07) is 9.09. The number of hydrogen-bond donors (Lipinski definition) is 1. The van der Waals surface area contributed by atoms with Crippen molar-refractivity contribution in [1.29, 1.82) is 0 Å². The molecule has 0 aromatic heterocycles. The molecular weight excluding hydrogens is 424 g/mol. The zero-order valence-electron chi connectivity index (χ0n) is 18.2. The lowest BCUT2D eigenvalue weighted by Gasteiger charge is -2.36. The van der Waals surface area contributed by atoms with Crippen molar-refractivity contribution in [1.82, 2.24) is 4.90 Å². The maximum Gasteiger partial charge on any atom is 0.269 e. The lowest BCUT2D eigenvalue weighted by Crippen LogP contribution is -2.54. The fourth-order valence-electron chi connectivity index (χ4n) is 6.50. The number of nitro groups is 1. The van der Waals surface area contributed by atoms with Crippen LogP contribution in [0.25, 0.3) is 0 Å². The van der Waals surface area contributed by atoms with Gasteiger partial charge >= 0.3 is 0 Å². The Bertz CT molecular complexity index is 1270. The average molecular weight is 446 g/mol. The Morgan fingerprint density at radius 3 is 2.48 bits per heavy atom. The average Bonchev–Trinajstić information content (AvgIpc) is 3.50. The fourth-order valence-corrected chi connectivity index (χ4v) is 6.50. The summed E-state index contributed by atoms with van der Waals surface area (Å²) in [5, 5.41) is 14.1. The summed E-state index contributed by atoms with van der Waals surface area (Å²) >= 11 is 0. The van der Waals surface area contributed by atoms with Crippen molar-refractivity contribution in [3.05, 3.63) is 63.2 Å². The molecule has 0 unspecified atom stereocenters. The molecule has 3 fully saturated rings. The summed E-state index contributed by atoms with van der Waals surface area (Å²) in [5.41, 5.74) is 2.46. The molecule has 0 saturated carbocycles. The Labute approximate surface area is 189 Å². The van der Waals surface area contributed by atoms with Crippen molar-refractivity contribution in [3.8, 4) is 0 Å². The van der Waals surface area contributed by atoms with Gasteiger partial charge in [0.2, 0.25) is 17.7 Å². The Kier molecular flexibility index (Phi) is 3.93. The molecule has 2 aromatic carbocycles. The third-order valence-corrected chi connectivity index (χ3v) is 8.02. The number of imide groups is 1. The van der Waals surface area contributed by atoms with Gasteiger partial charge in [-0.05, 0) is 56.5 Å². The second-order valence-corrected chi connectivity index (χ2v) is 9.34. The quantitative estimate of drug-likeness (QED) is 0.431. The van der Waals surface area contributed by atoms with E-state index in [1.165, 1.54) is 24.3 Å². The van der Waals surface area contributed by atoms with E-state index in [0.29, 0.717) is 12.2 Å². The van der Waals surface area contributed by atoms with Gasteiger partial charge < -0.3 is 5.32 Å². The first-order chi connectivity index (χ1) is 15.8. The van der Waals surface area contributed by atoms with E-state index in [1.54, 1.807) is 0 Å². The van der Waals surface area contributed by atoms with Crippen LogP contribution in [0.2, 0.25) is 0 Å². The molecule has 4 heterocycles. The van der Waals surface area contributed by atoms with E-state index >= 15 is 0 Å². The smallest absolute Gasteiger partial charge is 0.269 e. The molecule has 1 spiro atoms. The zero-order chi connectivity index (χ0) is 23.2. The van der Waals surface area contributed by atoms with Crippen LogP contribution in [0.3, 0.4) is 0 Å². The summed E-state index contributed by atoms with van der Waals surface area (Å²) in [6.45, 7) is 4.57. The number of benzene rings is 2. The maximum atomic E-state index is 13.9. The molecule has 3 amide bonds. The van der Waals surface area contributed by atoms with E-state index in [-0.39, 0.29) is 23.5 Å². The van der Waals surface area contributed by atoms with Gasteiger partial charge in [-0.2, -0.15) is 0 Å². The number of nitrogens with one attached hydrogen (secondary N) is 1. The van der Waals surface area contributed by atoms with Gasteiger partial charge in [-0.15, -0.1) is 0 Å². The van der Waals surface area contributed by atoms with Crippen molar-refractivity contribution in [2.45, 2.75) is 38.3 Å². The van der Waals surface area contributed by atoms with Gasteiger partial charge in [0.15, 0.2) is 0 Å². The van der Waals surface area contributed by atoms with Crippen LogP contribution < -0.4 is 10.2 Å². The van der Waals surface area contributed by atoms with Crippen molar-refractivity contribution >= 4 is 34.8 Å². The van der Waals surface area contributed by atoms with E-state index in [9.17, 15) is 24.5 Å². The van der Waals surface area contributed by atoms with Gasteiger partial charge in [0.05, 0.1) is 22.4 Å². The second-order valence-electron chi connectivity index (χ2n) is 9.34. The van der Waals surface area contributed by atoms with Gasteiger partial charge in [-0.1, -0.05) is 12.1 Å². The predicted molar refractivity (Wildman–Crippen MR) is 119 cm³/mol. The molecular formula is C24H22N4O5. The van der Waals surface area contributed by atoms with Crippen LogP contribution in [0.4, 0.5) is 17.1 Å². The van der Waals surface area contributed by atoms with E-state index < -0.39 is 28.2 Å². The van der Waals surface area contributed by atoms with Gasteiger partial charge in [-0.25, -0.2) is 4.90 Å². The highest BCUT2D eigenvalue weighted by Crippen LogP contribution is 2.61. The molecule has 1 N–H and O–H groups in total. The minimum Gasteiger partial charge on any atom is -0.324 e. The zero-order valence-corrected chi connectivity index (χ0v) is 18.2. The predicted octanol–water partition coefficient (Wildman–Crippen LogP) is 2.64. The van der Waals surface area contributed by atoms with Crippen LogP contribution in [0, 0.1) is 35.8 Å². The normalized spacial score (nSPS) is 30.1. The summed E-state index contributed by atoms with van der Waals surface area (Å²) in [4.78, 5) is 55.0. The highest BCUT2D eigenvalue weighted by Gasteiger charge is 2.74. The monoisotopic (exact) mass is 446 g/mol. The standard InChI is InChI=1S/C24H22N4O5/c1-12-5-10-16-20(13(12)2)25-23(31)24(16)19-18(17-4-3-11-26(17)24)21(29)27(22(19)30)14-6-8-15(9-7-14)28(32)33/h5-10,17-19H,3-4,11H2,1-2H3,(H,25,31)/t17-,18-,19-,24-/m0/s1. The Hall–Kier alpha value is -3.59. The molecule has 4 atom stereocenters. The number of nitrogens with zero attached hydrogens (tertiary/aromatic N) is 3. The van der Waals surface area contributed by atoms with Crippen LogP contribution in [0.15, 0.2) is 36.4 Å². The van der Waals surface area contributed by atoms with Crippen molar-refractivity contribution in [2.24, 2.45) is 11.8 Å². The largest absolute Gasteiger partial charge is 0.324 e. The van der Waals surface area contributed by atoms with E-state index in [4.69, 9.17) is 0 Å². The molecule has 0 bridgehead atoms. The van der Waals surface area contributed by atoms with Crippen molar-refractivity contribution in [3.63, 3.8) is 0 Å². The van der Waals surface area contributed by atoms with Gasteiger partial charge in [0, 0.05) is 29.4 Å². The first-order valence-electron chi connectivity index (χ1n) is 11.1. The summed E-state index contributed by atoms with van der Waals surface area (Å²) in [5.74, 6) is -2.48. The third kappa shape index (κ3) is 2.27. The first kappa shape index (κ1) is 20.0. The number of anilines is 2. The Balaban J connectivity index is 1.52. The Morgan fingerprint density at radius 1 is 1.06 bits per heavy atom. The highest BCUT2D eigenvalue weighted by atomic mass is 16.6. The molecule has 9 heteroatoms. The Morgan fingerprint density at radius 2 is 1.79 bits per heavy atom. The van der Waals surface area contributed by atoms with Crippen LogP contribution in [0.5, 0.6) is 0 Å². The third-order valence-electron chi connectivity index (χ3n) is 8.02. The van der Waals surface area contributed by atoms with Crippen molar-refractivity contribution < 1.29 is 19.3 Å². The number of carbonyl (C=O) groups excluding carboxylic acids is 3. The fraction of sp³-hybridized carbons (Fsp3) is 0.375. The number of amides is 3. The molecule has 2 aromatic rings. The van der Waals surface area contributed by atoms with Gasteiger partial charge in [-0.3, -0.25) is 29.4 Å².